The van der Waals surface area contributed by atoms with Gasteiger partial charge in [0.05, 0.1) is 54.8 Å². The Bertz CT molecular complexity index is 1440. The number of aliphatic hydroxyl groups is 2. The fraction of sp³-hybridized carbons (Fsp3) is 0.500. The van der Waals surface area contributed by atoms with Gasteiger partial charge in [-0.25, -0.2) is 0 Å². The van der Waals surface area contributed by atoms with E-state index in [1.54, 1.807) is 6.07 Å². The lowest BCUT2D eigenvalue weighted by Crippen LogP contribution is -2.46. The summed E-state index contributed by atoms with van der Waals surface area (Å²) in [5, 5.41) is 45.1. The number of hydrogen-bond acceptors (Lipinski definition) is 10. The number of phenolic OH excluding ortho intramolecular Hbond substituents is 2. The number of Topliss-reactive ketones (excluding diaryl/α,β-unsaturated/α-hetero) is 1. The number of phenols is 2. The molecular formula is C30H32O10. The zero-order valence-electron chi connectivity index (χ0n) is 22.5. The summed E-state index contributed by atoms with van der Waals surface area (Å²) in [6.07, 6.45) is -1.78. The van der Waals surface area contributed by atoms with Gasteiger partial charge in [-0.3, -0.25) is 14.4 Å². The molecule has 6 rings (SSSR count). The van der Waals surface area contributed by atoms with Crippen LogP contribution < -0.4 is 4.74 Å². The minimum Gasteiger partial charge on any atom is -0.507 e. The average molecular weight is 553 g/mol. The van der Waals surface area contributed by atoms with E-state index in [9.17, 15) is 34.8 Å². The molecule has 2 fully saturated rings. The molecule has 212 valence electrons. The van der Waals surface area contributed by atoms with Crippen LogP contribution in [0, 0.1) is 11.8 Å². The lowest BCUT2D eigenvalue weighted by Gasteiger charge is -2.42. The summed E-state index contributed by atoms with van der Waals surface area (Å²) >= 11 is 0. The van der Waals surface area contributed by atoms with Gasteiger partial charge < -0.3 is 34.6 Å². The van der Waals surface area contributed by atoms with Gasteiger partial charge in [-0.15, -0.1) is 0 Å². The highest BCUT2D eigenvalue weighted by Gasteiger charge is 2.50. The second kappa shape index (κ2) is 9.37. The van der Waals surface area contributed by atoms with Crippen LogP contribution in [0.2, 0.25) is 0 Å². The first-order valence-electron chi connectivity index (χ1n) is 13.5. The molecule has 4 aliphatic rings. The molecule has 1 heterocycles. The predicted octanol–water partition coefficient (Wildman–Crippen LogP) is 2.38. The Morgan fingerprint density at radius 2 is 1.77 bits per heavy atom. The van der Waals surface area contributed by atoms with Crippen molar-refractivity contribution in [3.8, 4) is 17.2 Å². The quantitative estimate of drug-likeness (QED) is 0.273. The highest BCUT2D eigenvalue weighted by atomic mass is 16.6. The lowest BCUT2D eigenvalue weighted by molar-refractivity contribution is -0.148. The van der Waals surface area contributed by atoms with Crippen molar-refractivity contribution in [1.82, 2.24) is 0 Å². The van der Waals surface area contributed by atoms with Crippen LogP contribution in [-0.4, -0.2) is 75.4 Å². The van der Waals surface area contributed by atoms with Crippen LogP contribution in [0.5, 0.6) is 17.2 Å². The van der Waals surface area contributed by atoms with Crippen LogP contribution in [0.3, 0.4) is 0 Å². The minimum atomic E-state index is -1.93. The van der Waals surface area contributed by atoms with Gasteiger partial charge in [0, 0.05) is 35.4 Å². The van der Waals surface area contributed by atoms with Crippen molar-refractivity contribution in [2.45, 2.75) is 69.5 Å². The molecule has 0 bridgehead atoms. The summed E-state index contributed by atoms with van der Waals surface area (Å²) in [4.78, 5) is 39.9. The normalized spacial score (nSPS) is 32.6. The number of methoxy groups -OCH3 is 1. The van der Waals surface area contributed by atoms with Crippen molar-refractivity contribution in [2.24, 2.45) is 11.8 Å². The molecule has 2 aromatic rings. The molecule has 3 aliphatic carbocycles. The molecule has 10 nitrogen and oxygen atoms in total. The lowest BCUT2D eigenvalue weighted by atomic mass is 9.71. The van der Waals surface area contributed by atoms with E-state index in [4.69, 9.17) is 14.2 Å². The van der Waals surface area contributed by atoms with Crippen LogP contribution in [0.15, 0.2) is 18.2 Å². The van der Waals surface area contributed by atoms with Gasteiger partial charge in [0.2, 0.25) is 5.78 Å². The molecular weight excluding hydrogens is 520 g/mol. The number of benzene rings is 2. The summed E-state index contributed by atoms with van der Waals surface area (Å²) in [5.41, 5.74) is -2.63. The largest absolute Gasteiger partial charge is 0.507 e. The predicted molar refractivity (Wildman–Crippen MR) is 139 cm³/mol. The number of aliphatic hydroxyl groups excluding tert-OH is 1. The molecule has 1 aliphatic heterocycles. The maximum absolute atomic E-state index is 13.7. The van der Waals surface area contributed by atoms with Crippen LogP contribution in [-0.2, 0) is 20.7 Å². The van der Waals surface area contributed by atoms with E-state index in [1.807, 2.05) is 6.92 Å². The molecule has 0 spiro atoms. The number of fused-ring (bicyclic) bond motifs is 3. The van der Waals surface area contributed by atoms with Crippen molar-refractivity contribution in [2.75, 3.05) is 13.7 Å². The Balaban J connectivity index is 1.48. The van der Waals surface area contributed by atoms with Crippen molar-refractivity contribution in [3.05, 3.63) is 51.6 Å². The number of rotatable bonds is 5. The third kappa shape index (κ3) is 3.96. The molecule has 1 saturated carbocycles. The highest BCUT2D eigenvalue weighted by molar-refractivity contribution is 6.31. The molecule has 0 aromatic heterocycles. The average Bonchev–Trinajstić information content (AvgIpc) is 3.76. The minimum absolute atomic E-state index is 0.0105. The first kappa shape index (κ1) is 26.9. The molecule has 5 unspecified atom stereocenters. The number of aromatic hydroxyl groups is 2. The Kier molecular flexibility index (Phi) is 6.30. The van der Waals surface area contributed by atoms with Crippen molar-refractivity contribution >= 4 is 17.3 Å². The Morgan fingerprint density at radius 1 is 1.07 bits per heavy atom. The zero-order chi connectivity index (χ0) is 28.7. The molecule has 4 N–H and O–H groups in total. The van der Waals surface area contributed by atoms with E-state index in [0.717, 1.165) is 0 Å². The van der Waals surface area contributed by atoms with Crippen LogP contribution in [0.25, 0.3) is 0 Å². The smallest absolute Gasteiger partial charge is 0.202 e. The van der Waals surface area contributed by atoms with Gasteiger partial charge in [0.15, 0.2) is 11.6 Å². The van der Waals surface area contributed by atoms with Gasteiger partial charge >= 0.3 is 0 Å². The standard InChI is InChI=1S/C30H32O10/c1-12-7-14(8-16(25(12)32)20-11-39-20)40-19-10-30(37,13(2)31)9-17-22(19)29(36)24-23(27(17)34)26(33)15-5-4-6-18(38-3)21(15)28(24)35/h4-6,12,14,16,19-20,25,32,34,36-37H,7-11H2,1-3H3/t12?,14?,16?,19-,20?,25?,30-/m0/s1. The Hall–Kier alpha value is -3.31. The fourth-order valence-corrected chi connectivity index (χ4v) is 6.84. The van der Waals surface area contributed by atoms with Gasteiger partial charge in [-0.1, -0.05) is 19.1 Å². The topological polar surface area (TPSA) is 163 Å². The first-order chi connectivity index (χ1) is 19.0. The van der Waals surface area contributed by atoms with E-state index in [1.165, 1.54) is 26.2 Å². The summed E-state index contributed by atoms with van der Waals surface area (Å²) in [6.45, 7) is 3.69. The number of ketones is 3. The summed E-state index contributed by atoms with van der Waals surface area (Å²) in [7, 11) is 1.36. The number of carbonyl (C=O) groups is 3. The van der Waals surface area contributed by atoms with Gasteiger partial charge in [-0.05, 0) is 31.7 Å². The van der Waals surface area contributed by atoms with E-state index in [0.29, 0.717) is 19.4 Å². The number of hydrogen-bond donors (Lipinski definition) is 4. The fourth-order valence-electron chi connectivity index (χ4n) is 6.84. The van der Waals surface area contributed by atoms with E-state index in [-0.39, 0.29) is 69.9 Å². The van der Waals surface area contributed by atoms with E-state index < -0.39 is 52.8 Å². The van der Waals surface area contributed by atoms with Gasteiger partial charge in [0.1, 0.15) is 22.8 Å². The van der Waals surface area contributed by atoms with Crippen LogP contribution in [0.4, 0.5) is 0 Å². The monoisotopic (exact) mass is 552 g/mol. The Labute approximate surface area is 230 Å². The van der Waals surface area contributed by atoms with Crippen molar-refractivity contribution in [1.29, 1.82) is 0 Å². The second-order valence-electron chi connectivity index (χ2n) is 11.6. The summed E-state index contributed by atoms with van der Waals surface area (Å²) in [5.74, 6) is -3.15. The summed E-state index contributed by atoms with van der Waals surface area (Å²) < 4.78 is 17.2. The maximum atomic E-state index is 13.7. The number of carbonyl (C=O) groups excluding carboxylic acids is 3. The van der Waals surface area contributed by atoms with Gasteiger partial charge in [-0.2, -0.15) is 0 Å². The summed E-state index contributed by atoms with van der Waals surface area (Å²) in [6, 6.07) is 4.51. The van der Waals surface area contributed by atoms with Gasteiger partial charge in [0.25, 0.3) is 0 Å². The molecule has 0 amide bonds. The first-order valence-corrected chi connectivity index (χ1v) is 13.5. The molecule has 10 heteroatoms. The van der Waals surface area contributed by atoms with Crippen molar-refractivity contribution < 1.29 is 49.0 Å². The van der Waals surface area contributed by atoms with Crippen molar-refractivity contribution in [3.63, 3.8) is 0 Å². The van der Waals surface area contributed by atoms with Crippen LogP contribution >= 0.6 is 0 Å². The molecule has 0 radical (unpaired) electrons. The Morgan fingerprint density at radius 3 is 2.42 bits per heavy atom. The third-order valence-electron chi connectivity index (χ3n) is 9.12. The highest BCUT2D eigenvalue weighted by Crippen LogP contribution is 2.53. The third-order valence-corrected chi connectivity index (χ3v) is 9.12. The second-order valence-corrected chi connectivity index (χ2v) is 11.6. The number of ether oxygens (including phenoxy) is 3. The van der Waals surface area contributed by atoms with E-state index in [2.05, 4.69) is 0 Å². The molecule has 2 aromatic carbocycles. The molecule has 40 heavy (non-hydrogen) atoms. The number of epoxide rings is 1. The molecule has 1 saturated heterocycles. The zero-order valence-corrected chi connectivity index (χ0v) is 22.5. The van der Waals surface area contributed by atoms with E-state index >= 15 is 0 Å². The maximum Gasteiger partial charge on any atom is 0.202 e. The SMILES string of the molecule is COc1cccc2c1C(=O)c1c(O)c3c(c(O)c1C2=O)C[C@@](O)(C(C)=O)C[C@@H]3OC1CC(C)C(O)C(C2CO2)C1. The van der Waals surface area contributed by atoms with Crippen LogP contribution in [0.1, 0.15) is 82.2 Å². The molecule has 7 atom stereocenters.